The van der Waals surface area contributed by atoms with Crippen LogP contribution in [0.2, 0.25) is 5.02 Å². The second-order valence-electron chi connectivity index (χ2n) is 9.27. The van der Waals surface area contributed by atoms with Gasteiger partial charge in [-0.2, -0.15) is 0 Å². The van der Waals surface area contributed by atoms with Crippen LogP contribution in [0.5, 0.6) is 0 Å². The maximum Gasteiger partial charge on any atom is 0.223 e. The van der Waals surface area contributed by atoms with Gasteiger partial charge in [0.05, 0.1) is 22.4 Å². The lowest BCUT2D eigenvalue weighted by molar-refractivity contribution is 0.216. The van der Waals surface area contributed by atoms with Gasteiger partial charge in [-0.05, 0) is 51.2 Å². The highest BCUT2D eigenvalue weighted by Gasteiger charge is 2.32. The van der Waals surface area contributed by atoms with Gasteiger partial charge in [-0.3, -0.25) is 0 Å². The van der Waals surface area contributed by atoms with Crippen molar-refractivity contribution in [3.05, 3.63) is 35.0 Å². The molecule has 7 heteroatoms. The third-order valence-corrected chi connectivity index (χ3v) is 6.55. The Balaban J connectivity index is 1.76. The van der Waals surface area contributed by atoms with Gasteiger partial charge in [0.1, 0.15) is 11.3 Å². The van der Waals surface area contributed by atoms with E-state index >= 15 is 0 Å². The van der Waals surface area contributed by atoms with Crippen molar-refractivity contribution in [2.75, 3.05) is 5.32 Å². The molecule has 30 heavy (non-hydrogen) atoms. The van der Waals surface area contributed by atoms with Gasteiger partial charge in [-0.15, -0.1) is 0 Å². The largest absolute Gasteiger partial charge is 0.351 e. The van der Waals surface area contributed by atoms with E-state index < -0.39 is 0 Å². The summed E-state index contributed by atoms with van der Waals surface area (Å²) in [6.45, 7) is 10.6. The first-order chi connectivity index (χ1) is 14.2. The fourth-order valence-corrected chi connectivity index (χ4v) is 4.81. The Kier molecular flexibility index (Phi) is 5.47. The van der Waals surface area contributed by atoms with Gasteiger partial charge in [-0.1, -0.05) is 38.3 Å². The van der Waals surface area contributed by atoms with Crippen LogP contribution >= 0.6 is 11.6 Å². The van der Waals surface area contributed by atoms with Crippen molar-refractivity contribution < 1.29 is 4.39 Å². The summed E-state index contributed by atoms with van der Waals surface area (Å²) >= 11 is 6.44. The highest BCUT2D eigenvalue weighted by atomic mass is 35.5. The molecule has 1 saturated carbocycles. The number of halogens is 2. The Labute approximate surface area is 182 Å². The number of benzene rings is 1. The third-order valence-electron chi connectivity index (χ3n) is 6.27. The number of fused-ring (bicyclic) bond motifs is 1. The molecule has 1 atom stereocenters. The molecular weight excluding hydrogens is 401 g/mol. The first-order valence-electron chi connectivity index (χ1n) is 10.6. The maximum absolute atomic E-state index is 14.9. The quantitative estimate of drug-likeness (QED) is 0.510. The number of hydrogen-bond acceptors (Lipinski definition) is 4. The summed E-state index contributed by atoms with van der Waals surface area (Å²) in [5.74, 6) is 0.942. The van der Waals surface area contributed by atoms with E-state index in [-0.39, 0.29) is 17.3 Å². The van der Waals surface area contributed by atoms with Gasteiger partial charge in [0.2, 0.25) is 5.95 Å². The molecule has 0 bridgehead atoms. The van der Waals surface area contributed by atoms with Crippen molar-refractivity contribution in [1.82, 2.24) is 19.5 Å². The molecule has 1 aliphatic rings. The smallest absolute Gasteiger partial charge is 0.223 e. The second kappa shape index (κ2) is 7.80. The normalized spacial score (nSPS) is 18.9. The molecule has 0 radical (unpaired) electrons. The zero-order valence-corrected chi connectivity index (χ0v) is 19.0. The molecule has 0 spiro atoms. The summed E-state index contributed by atoms with van der Waals surface area (Å²) in [7, 11) is 0. The molecule has 1 fully saturated rings. The SMILES string of the molecule is Cc1nc2c(F)cc(-c3nc(N[C@H]4CCCCC4(C)C)ncc3Cl)cc2n1C(C)C. The third kappa shape index (κ3) is 3.78. The average molecular weight is 430 g/mol. The van der Waals surface area contributed by atoms with Crippen LogP contribution in [0.4, 0.5) is 10.3 Å². The van der Waals surface area contributed by atoms with Crippen molar-refractivity contribution in [3.63, 3.8) is 0 Å². The molecular formula is C23H29ClFN5. The van der Waals surface area contributed by atoms with Gasteiger partial charge in [-0.25, -0.2) is 19.3 Å². The maximum atomic E-state index is 14.9. The van der Waals surface area contributed by atoms with Crippen molar-refractivity contribution in [2.24, 2.45) is 5.41 Å². The summed E-state index contributed by atoms with van der Waals surface area (Å²) in [5, 5.41) is 3.90. The molecule has 2 heterocycles. The van der Waals surface area contributed by atoms with Crippen LogP contribution in [0.1, 0.15) is 65.2 Å². The molecule has 160 valence electrons. The fraction of sp³-hybridized carbons (Fsp3) is 0.522. The molecule has 0 amide bonds. The first-order valence-corrected chi connectivity index (χ1v) is 11.0. The Morgan fingerprint density at radius 2 is 2.00 bits per heavy atom. The van der Waals surface area contributed by atoms with Gasteiger partial charge in [0.15, 0.2) is 5.82 Å². The van der Waals surface area contributed by atoms with Gasteiger partial charge in [0.25, 0.3) is 0 Å². The van der Waals surface area contributed by atoms with E-state index in [1.54, 1.807) is 6.20 Å². The van der Waals surface area contributed by atoms with Crippen LogP contribution in [0.15, 0.2) is 18.3 Å². The van der Waals surface area contributed by atoms with E-state index in [1.165, 1.54) is 25.3 Å². The molecule has 3 aromatic rings. The number of nitrogens with one attached hydrogen (secondary N) is 1. The number of anilines is 1. The Bertz CT molecular complexity index is 1090. The molecule has 1 aromatic carbocycles. The topological polar surface area (TPSA) is 55.6 Å². The number of aryl methyl sites for hydroxylation is 1. The second-order valence-corrected chi connectivity index (χ2v) is 9.68. The predicted molar refractivity (Wildman–Crippen MR) is 121 cm³/mol. The average Bonchev–Trinajstić information content (AvgIpc) is 3.01. The van der Waals surface area contributed by atoms with Crippen LogP contribution in [0.25, 0.3) is 22.3 Å². The number of rotatable bonds is 4. The van der Waals surface area contributed by atoms with E-state index in [9.17, 15) is 4.39 Å². The van der Waals surface area contributed by atoms with Crippen LogP contribution in [0.3, 0.4) is 0 Å². The van der Waals surface area contributed by atoms with Crippen molar-refractivity contribution in [1.29, 1.82) is 0 Å². The van der Waals surface area contributed by atoms with Crippen molar-refractivity contribution in [2.45, 2.75) is 72.4 Å². The molecule has 0 aliphatic heterocycles. The molecule has 0 saturated heterocycles. The van der Waals surface area contributed by atoms with Crippen molar-refractivity contribution in [3.8, 4) is 11.3 Å². The number of aromatic nitrogens is 4. The Morgan fingerprint density at radius 3 is 2.70 bits per heavy atom. The molecule has 0 unspecified atom stereocenters. The number of hydrogen-bond donors (Lipinski definition) is 1. The van der Waals surface area contributed by atoms with E-state index in [4.69, 9.17) is 11.6 Å². The Hall–Kier alpha value is -2.21. The first kappa shape index (κ1) is 21.0. The standard InChI is InChI=1S/C23H29ClFN5/c1-13(2)30-14(3)27-21-17(25)10-15(11-18(21)30)20-16(24)12-26-22(29-20)28-19-8-6-7-9-23(19,4)5/h10-13,19H,6-9H2,1-5H3,(H,26,28,29)/t19-/m0/s1. The lowest BCUT2D eigenvalue weighted by atomic mass is 9.73. The lowest BCUT2D eigenvalue weighted by Gasteiger charge is -2.39. The van der Waals surface area contributed by atoms with Crippen molar-refractivity contribution >= 4 is 28.6 Å². The predicted octanol–water partition coefficient (Wildman–Crippen LogP) is 6.56. The summed E-state index contributed by atoms with van der Waals surface area (Å²) in [5.41, 5.74) is 2.44. The molecule has 1 N–H and O–H groups in total. The molecule has 5 nitrogen and oxygen atoms in total. The zero-order chi connectivity index (χ0) is 21.6. The minimum atomic E-state index is -0.373. The van der Waals surface area contributed by atoms with E-state index in [1.807, 2.05) is 17.6 Å². The van der Waals surface area contributed by atoms with Gasteiger partial charge >= 0.3 is 0 Å². The van der Waals surface area contributed by atoms with Crippen LogP contribution in [0, 0.1) is 18.2 Å². The van der Waals surface area contributed by atoms with E-state index in [0.717, 1.165) is 17.8 Å². The lowest BCUT2D eigenvalue weighted by Crippen LogP contribution is -2.39. The van der Waals surface area contributed by atoms with Crippen LogP contribution in [-0.4, -0.2) is 25.6 Å². The summed E-state index contributed by atoms with van der Waals surface area (Å²) in [4.78, 5) is 13.5. The number of imidazole rings is 1. The summed E-state index contributed by atoms with van der Waals surface area (Å²) in [6, 6.07) is 3.84. The zero-order valence-electron chi connectivity index (χ0n) is 18.3. The van der Waals surface area contributed by atoms with E-state index in [2.05, 4.69) is 48.0 Å². The monoisotopic (exact) mass is 429 g/mol. The van der Waals surface area contributed by atoms with Crippen LogP contribution < -0.4 is 5.32 Å². The highest BCUT2D eigenvalue weighted by Crippen LogP contribution is 2.37. The fourth-order valence-electron chi connectivity index (χ4n) is 4.61. The Morgan fingerprint density at radius 1 is 1.23 bits per heavy atom. The van der Waals surface area contributed by atoms with Gasteiger partial charge < -0.3 is 9.88 Å². The summed E-state index contributed by atoms with van der Waals surface area (Å²) in [6.07, 6.45) is 6.30. The number of nitrogens with zero attached hydrogens (tertiary/aromatic N) is 4. The molecule has 4 rings (SSSR count). The minimum absolute atomic E-state index is 0.163. The van der Waals surface area contributed by atoms with E-state index in [0.29, 0.717) is 33.8 Å². The van der Waals surface area contributed by atoms with Gasteiger partial charge in [0, 0.05) is 17.6 Å². The minimum Gasteiger partial charge on any atom is -0.351 e. The van der Waals surface area contributed by atoms with Crippen LogP contribution in [-0.2, 0) is 0 Å². The highest BCUT2D eigenvalue weighted by molar-refractivity contribution is 6.33. The molecule has 2 aromatic heterocycles. The summed E-state index contributed by atoms with van der Waals surface area (Å²) < 4.78 is 16.9. The molecule has 1 aliphatic carbocycles.